The van der Waals surface area contributed by atoms with E-state index in [2.05, 4.69) is 45.7 Å². The molecule has 1 fully saturated rings. The Labute approximate surface area is 210 Å². The number of nitrogens with zero attached hydrogens (tertiary/aromatic N) is 3. The molecule has 0 radical (unpaired) electrons. The smallest absolute Gasteiger partial charge is 0.174 e. The monoisotopic (exact) mass is 486 g/mol. The van der Waals surface area contributed by atoms with Gasteiger partial charge in [0.2, 0.25) is 0 Å². The standard InChI is InChI=1S/C28H27FN4OS/c1-17-14-21(11-12-24(17)29)33-27(26(31-28(33)35)25-10-5-6-13-30-25)23-15-18(2)32(19(23)3)20-8-7-9-22(16-20)34-4/h5-16,26-27H,1-4H3,(H,31,35)/t26-,27+/m0/s1. The highest BCUT2D eigenvalue weighted by molar-refractivity contribution is 7.80. The van der Waals surface area contributed by atoms with Crippen molar-refractivity contribution in [1.82, 2.24) is 14.9 Å². The van der Waals surface area contributed by atoms with E-state index in [1.165, 1.54) is 6.07 Å². The predicted molar refractivity (Wildman–Crippen MR) is 141 cm³/mol. The van der Waals surface area contributed by atoms with E-state index in [4.69, 9.17) is 17.0 Å². The lowest BCUT2D eigenvalue weighted by atomic mass is 9.96. The summed E-state index contributed by atoms with van der Waals surface area (Å²) in [6.45, 7) is 5.98. The van der Waals surface area contributed by atoms with Crippen LogP contribution in [0.3, 0.4) is 0 Å². The Hall–Kier alpha value is -3.71. The largest absolute Gasteiger partial charge is 0.497 e. The Bertz CT molecular complexity index is 1400. The minimum absolute atomic E-state index is 0.173. The molecule has 2 aromatic carbocycles. The van der Waals surface area contributed by atoms with Crippen LogP contribution in [0.4, 0.5) is 10.1 Å². The zero-order valence-electron chi connectivity index (χ0n) is 20.1. The molecule has 7 heteroatoms. The first-order valence-electron chi connectivity index (χ1n) is 11.5. The first-order chi connectivity index (χ1) is 16.9. The number of benzene rings is 2. The Balaban J connectivity index is 1.68. The van der Waals surface area contributed by atoms with Crippen molar-refractivity contribution in [1.29, 1.82) is 0 Å². The average Bonchev–Trinajstić information content (AvgIpc) is 3.36. The van der Waals surface area contributed by atoms with Crippen LogP contribution in [0.15, 0.2) is 72.9 Å². The third-order valence-electron chi connectivity index (χ3n) is 6.62. The highest BCUT2D eigenvalue weighted by Crippen LogP contribution is 2.44. The number of pyridine rings is 1. The molecule has 2 atom stereocenters. The van der Waals surface area contributed by atoms with Gasteiger partial charge in [-0.3, -0.25) is 4.98 Å². The van der Waals surface area contributed by atoms with Crippen LogP contribution in [0.5, 0.6) is 5.75 Å². The van der Waals surface area contributed by atoms with Gasteiger partial charge in [0, 0.05) is 35.0 Å². The van der Waals surface area contributed by atoms with Crippen molar-refractivity contribution in [2.75, 3.05) is 12.0 Å². The number of methoxy groups -OCH3 is 1. The van der Waals surface area contributed by atoms with Crippen molar-refractivity contribution in [3.63, 3.8) is 0 Å². The van der Waals surface area contributed by atoms with Crippen LogP contribution in [0.2, 0.25) is 0 Å². The summed E-state index contributed by atoms with van der Waals surface area (Å²) in [6.07, 6.45) is 1.79. The number of nitrogens with one attached hydrogen (secondary N) is 1. The van der Waals surface area contributed by atoms with Gasteiger partial charge in [0.1, 0.15) is 11.6 Å². The van der Waals surface area contributed by atoms with E-state index in [0.29, 0.717) is 10.7 Å². The fraction of sp³-hybridized carbons (Fsp3) is 0.214. The number of aryl methyl sites for hydroxylation is 2. The van der Waals surface area contributed by atoms with Gasteiger partial charge in [0.05, 0.1) is 24.9 Å². The van der Waals surface area contributed by atoms with Crippen LogP contribution < -0.4 is 15.0 Å². The van der Waals surface area contributed by atoms with Gasteiger partial charge in [-0.2, -0.15) is 0 Å². The van der Waals surface area contributed by atoms with Crippen molar-refractivity contribution in [3.8, 4) is 11.4 Å². The van der Waals surface area contributed by atoms with E-state index < -0.39 is 0 Å². The van der Waals surface area contributed by atoms with E-state index in [-0.39, 0.29) is 17.9 Å². The quantitative estimate of drug-likeness (QED) is 0.344. The normalized spacial score (nSPS) is 17.5. The predicted octanol–water partition coefficient (Wildman–Crippen LogP) is 6.12. The lowest BCUT2D eigenvalue weighted by molar-refractivity contribution is 0.414. The summed E-state index contributed by atoms with van der Waals surface area (Å²) in [5, 5.41) is 4.07. The number of hydrogen-bond acceptors (Lipinski definition) is 3. The van der Waals surface area contributed by atoms with Crippen LogP contribution in [0.25, 0.3) is 5.69 Å². The van der Waals surface area contributed by atoms with E-state index in [0.717, 1.165) is 39.8 Å². The van der Waals surface area contributed by atoms with Crippen molar-refractivity contribution < 1.29 is 9.13 Å². The van der Waals surface area contributed by atoms with Crippen LogP contribution in [0, 0.1) is 26.6 Å². The second kappa shape index (κ2) is 9.15. The van der Waals surface area contributed by atoms with E-state index in [1.54, 1.807) is 26.3 Å². The zero-order chi connectivity index (χ0) is 24.7. The van der Waals surface area contributed by atoms with Gasteiger partial charge >= 0.3 is 0 Å². The molecule has 1 saturated heterocycles. The van der Waals surface area contributed by atoms with Gasteiger partial charge in [-0.1, -0.05) is 12.1 Å². The van der Waals surface area contributed by atoms with Gasteiger partial charge in [-0.15, -0.1) is 0 Å². The number of thiocarbonyl (C=S) groups is 1. The Morgan fingerprint density at radius 2 is 1.80 bits per heavy atom. The molecule has 1 aliphatic rings. The highest BCUT2D eigenvalue weighted by atomic mass is 32.1. The summed E-state index contributed by atoms with van der Waals surface area (Å²) >= 11 is 5.83. The molecule has 35 heavy (non-hydrogen) atoms. The zero-order valence-corrected chi connectivity index (χ0v) is 20.9. The van der Waals surface area contributed by atoms with Gasteiger partial charge in [0.25, 0.3) is 0 Å². The summed E-state index contributed by atoms with van der Waals surface area (Å²) in [5.74, 6) is 0.566. The topological polar surface area (TPSA) is 42.3 Å². The molecule has 0 saturated carbocycles. The summed E-state index contributed by atoms with van der Waals surface area (Å²) < 4.78 is 21.8. The molecular formula is C28H27FN4OS. The highest BCUT2D eigenvalue weighted by Gasteiger charge is 2.42. The first-order valence-corrected chi connectivity index (χ1v) is 11.9. The van der Waals surface area contributed by atoms with Crippen molar-refractivity contribution in [3.05, 3.63) is 107 Å². The number of aromatic nitrogens is 2. The summed E-state index contributed by atoms with van der Waals surface area (Å²) in [6, 6.07) is 20.9. The van der Waals surface area contributed by atoms with Crippen molar-refractivity contribution in [2.24, 2.45) is 0 Å². The van der Waals surface area contributed by atoms with Crippen molar-refractivity contribution >= 4 is 23.0 Å². The molecule has 3 heterocycles. The van der Waals surface area contributed by atoms with Crippen molar-refractivity contribution in [2.45, 2.75) is 32.9 Å². The van der Waals surface area contributed by atoms with Crippen LogP contribution in [-0.4, -0.2) is 21.8 Å². The second-order valence-corrected chi connectivity index (χ2v) is 9.18. The second-order valence-electron chi connectivity index (χ2n) is 8.79. The number of ether oxygens (including phenoxy) is 1. The number of rotatable bonds is 5. The molecule has 1 N–H and O–H groups in total. The lowest BCUT2D eigenvalue weighted by Gasteiger charge is -2.28. The third-order valence-corrected chi connectivity index (χ3v) is 6.93. The minimum atomic E-state index is -0.235. The minimum Gasteiger partial charge on any atom is -0.497 e. The summed E-state index contributed by atoms with van der Waals surface area (Å²) in [7, 11) is 1.67. The van der Waals surface area contributed by atoms with Gasteiger partial charge < -0.3 is 19.5 Å². The fourth-order valence-corrected chi connectivity index (χ4v) is 5.31. The summed E-state index contributed by atoms with van der Waals surface area (Å²) in [5.41, 5.74) is 6.65. The summed E-state index contributed by atoms with van der Waals surface area (Å²) in [4.78, 5) is 6.72. The van der Waals surface area contributed by atoms with E-state index in [1.807, 2.05) is 42.5 Å². The SMILES string of the molecule is COc1cccc(-n2c(C)cc([C@@H]3[C@H](c4ccccn4)NC(=S)N3c3ccc(F)c(C)c3)c2C)c1. The number of halogens is 1. The average molecular weight is 487 g/mol. The molecular weight excluding hydrogens is 459 g/mol. The van der Waals surface area contributed by atoms with Gasteiger partial charge in [-0.25, -0.2) is 4.39 Å². The number of anilines is 1. The fourth-order valence-electron chi connectivity index (χ4n) is 4.96. The third kappa shape index (κ3) is 4.06. The van der Waals surface area contributed by atoms with Crippen LogP contribution in [-0.2, 0) is 0 Å². The molecule has 0 aliphatic carbocycles. The van der Waals surface area contributed by atoms with Gasteiger partial charge in [-0.05, 0) is 92.6 Å². The first kappa shape index (κ1) is 23.1. The molecule has 1 aliphatic heterocycles. The Morgan fingerprint density at radius 3 is 2.51 bits per heavy atom. The maximum absolute atomic E-state index is 14.1. The molecule has 0 bridgehead atoms. The maximum atomic E-state index is 14.1. The molecule has 0 amide bonds. The Morgan fingerprint density at radius 1 is 0.971 bits per heavy atom. The van der Waals surface area contributed by atoms with Crippen LogP contribution >= 0.6 is 12.2 Å². The maximum Gasteiger partial charge on any atom is 0.174 e. The molecule has 2 aromatic heterocycles. The van der Waals surface area contributed by atoms with Gasteiger partial charge in [0.15, 0.2) is 5.11 Å². The molecule has 5 rings (SSSR count). The number of hydrogen-bond donors (Lipinski definition) is 1. The molecule has 5 nitrogen and oxygen atoms in total. The van der Waals surface area contributed by atoms with Crippen LogP contribution in [0.1, 0.15) is 40.3 Å². The molecule has 0 unspecified atom stereocenters. The van der Waals surface area contributed by atoms with E-state index in [9.17, 15) is 4.39 Å². The Kier molecular flexibility index (Phi) is 6.03. The lowest BCUT2D eigenvalue weighted by Crippen LogP contribution is -2.29. The van der Waals surface area contributed by atoms with E-state index >= 15 is 0 Å². The molecule has 0 spiro atoms. The molecule has 4 aromatic rings. The molecule has 178 valence electrons.